The molecule has 0 amide bonds. The minimum absolute atomic E-state index is 0.322. The van der Waals surface area contributed by atoms with E-state index in [0.717, 1.165) is 19.0 Å². The van der Waals surface area contributed by atoms with Gasteiger partial charge in [0, 0.05) is 25.6 Å². The highest BCUT2D eigenvalue weighted by Gasteiger charge is 2.28. The van der Waals surface area contributed by atoms with Crippen molar-refractivity contribution >= 4 is 5.78 Å². The van der Waals surface area contributed by atoms with Crippen LogP contribution in [0, 0.1) is 0 Å². The van der Waals surface area contributed by atoms with Gasteiger partial charge in [0.05, 0.1) is 0 Å². The van der Waals surface area contributed by atoms with Gasteiger partial charge in [-0.3, -0.25) is 9.69 Å². The first kappa shape index (κ1) is 11.1. The molecule has 0 N–H and O–H groups in total. The molecule has 0 aliphatic carbocycles. The largest absolute Gasteiger partial charge is 0.301 e. The Bertz CT molecular complexity index is 230. The quantitative estimate of drug-likeness (QED) is 0.698. The minimum Gasteiger partial charge on any atom is -0.301 e. The first-order valence-corrected chi connectivity index (χ1v) is 6.21. The van der Waals surface area contributed by atoms with Gasteiger partial charge >= 0.3 is 0 Å². The molecular formula is C12H22N2O. The summed E-state index contributed by atoms with van der Waals surface area (Å²) in [5, 5.41) is 0. The fraction of sp³-hybridized carbons (Fsp3) is 0.917. The van der Waals surface area contributed by atoms with Gasteiger partial charge in [0.1, 0.15) is 5.78 Å². The lowest BCUT2D eigenvalue weighted by atomic mass is 10.2. The topological polar surface area (TPSA) is 23.6 Å². The van der Waals surface area contributed by atoms with E-state index in [-0.39, 0.29) is 0 Å². The van der Waals surface area contributed by atoms with Crippen LogP contribution in [0.25, 0.3) is 0 Å². The number of fused-ring (bicyclic) bond motifs is 1. The van der Waals surface area contributed by atoms with E-state index in [1.165, 1.54) is 45.4 Å². The maximum Gasteiger partial charge on any atom is 0.131 e. The Hall–Kier alpha value is -0.410. The van der Waals surface area contributed by atoms with Crippen molar-refractivity contribution in [2.45, 2.75) is 38.6 Å². The lowest BCUT2D eigenvalue weighted by Gasteiger charge is -2.25. The maximum atomic E-state index is 11.0. The molecule has 2 fully saturated rings. The van der Waals surface area contributed by atoms with Gasteiger partial charge in [-0.1, -0.05) is 0 Å². The minimum atomic E-state index is 0.322. The summed E-state index contributed by atoms with van der Waals surface area (Å²) >= 11 is 0. The Kier molecular flexibility index (Phi) is 3.76. The van der Waals surface area contributed by atoms with Crippen LogP contribution in [0.3, 0.4) is 0 Å². The lowest BCUT2D eigenvalue weighted by molar-refractivity contribution is -0.117. The SMILES string of the molecule is CC(=O)CCN1CCCN2CCCC2C1. The van der Waals surface area contributed by atoms with E-state index in [1.54, 1.807) is 6.92 Å². The van der Waals surface area contributed by atoms with Crippen LogP contribution in [0.4, 0.5) is 0 Å². The number of rotatable bonds is 3. The summed E-state index contributed by atoms with van der Waals surface area (Å²) in [4.78, 5) is 16.1. The van der Waals surface area contributed by atoms with Gasteiger partial charge in [-0.2, -0.15) is 0 Å². The smallest absolute Gasteiger partial charge is 0.131 e. The molecule has 3 nitrogen and oxygen atoms in total. The predicted octanol–water partition coefficient (Wildman–Crippen LogP) is 1.14. The zero-order chi connectivity index (χ0) is 10.7. The first-order valence-electron chi connectivity index (χ1n) is 6.21. The highest BCUT2D eigenvalue weighted by Crippen LogP contribution is 2.21. The fourth-order valence-electron chi connectivity index (χ4n) is 2.80. The molecule has 2 heterocycles. The molecular weight excluding hydrogens is 188 g/mol. The fourth-order valence-corrected chi connectivity index (χ4v) is 2.80. The van der Waals surface area contributed by atoms with Crippen LogP contribution >= 0.6 is 0 Å². The van der Waals surface area contributed by atoms with Crippen LogP contribution < -0.4 is 0 Å². The Morgan fingerprint density at radius 3 is 2.87 bits per heavy atom. The van der Waals surface area contributed by atoms with Crippen molar-refractivity contribution in [1.29, 1.82) is 0 Å². The van der Waals surface area contributed by atoms with Gasteiger partial charge in [-0.15, -0.1) is 0 Å². The van der Waals surface area contributed by atoms with E-state index in [1.807, 2.05) is 0 Å². The molecule has 1 unspecified atom stereocenters. The zero-order valence-corrected chi connectivity index (χ0v) is 9.74. The van der Waals surface area contributed by atoms with Crippen LogP contribution in [0.1, 0.15) is 32.6 Å². The molecule has 2 rings (SSSR count). The molecule has 0 spiro atoms. The number of carbonyl (C=O) groups excluding carboxylic acids is 1. The van der Waals surface area contributed by atoms with E-state index >= 15 is 0 Å². The second kappa shape index (κ2) is 5.08. The number of nitrogens with zero attached hydrogens (tertiary/aromatic N) is 2. The molecule has 0 saturated carbocycles. The van der Waals surface area contributed by atoms with Crippen molar-refractivity contribution in [1.82, 2.24) is 9.80 Å². The van der Waals surface area contributed by atoms with Gasteiger partial charge in [-0.25, -0.2) is 0 Å². The molecule has 15 heavy (non-hydrogen) atoms. The third-order valence-electron chi connectivity index (χ3n) is 3.67. The Balaban J connectivity index is 1.82. The average molecular weight is 210 g/mol. The molecule has 1 atom stereocenters. The Morgan fingerprint density at radius 1 is 1.27 bits per heavy atom. The average Bonchev–Trinajstić information content (AvgIpc) is 2.53. The summed E-state index contributed by atoms with van der Waals surface area (Å²) in [6.07, 6.45) is 4.73. The second-order valence-corrected chi connectivity index (χ2v) is 4.94. The second-order valence-electron chi connectivity index (χ2n) is 4.94. The highest BCUT2D eigenvalue weighted by molar-refractivity contribution is 5.75. The van der Waals surface area contributed by atoms with Crippen molar-refractivity contribution in [3.63, 3.8) is 0 Å². The molecule has 0 aromatic rings. The van der Waals surface area contributed by atoms with Crippen LogP contribution in [0.5, 0.6) is 0 Å². The van der Waals surface area contributed by atoms with Crippen LogP contribution in [0.2, 0.25) is 0 Å². The molecule has 0 bridgehead atoms. The van der Waals surface area contributed by atoms with Gasteiger partial charge in [0.25, 0.3) is 0 Å². The van der Waals surface area contributed by atoms with Crippen LogP contribution in [-0.2, 0) is 4.79 Å². The van der Waals surface area contributed by atoms with E-state index in [9.17, 15) is 4.79 Å². The first-order chi connectivity index (χ1) is 7.25. The van der Waals surface area contributed by atoms with Crippen molar-refractivity contribution in [3.8, 4) is 0 Å². The van der Waals surface area contributed by atoms with Gasteiger partial charge in [0.2, 0.25) is 0 Å². The number of carbonyl (C=O) groups is 1. The molecule has 2 aliphatic heterocycles. The monoisotopic (exact) mass is 210 g/mol. The third-order valence-corrected chi connectivity index (χ3v) is 3.67. The number of Topliss-reactive ketones (excluding diaryl/α,β-unsaturated/α-hetero) is 1. The van der Waals surface area contributed by atoms with Gasteiger partial charge in [0.15, 0.2) is 0 Å². The van der Waals surface area contributed by atoms with E-state index in [0.29, 0.717) is 5.78 Å². The standard InChI is InChI=1S/C12H22N2O/c1-11(15)5-9-13-6-3-8-14-7-2-4-12(14)10-13/h12H,2-10H2,1H3. The molecule has 0 aromatic heterocycles. The van der Waals surface area contributed by atoms with E-state index in [4.69, 9.17) is 0 Å². The summed E-state index contributed by atoms with van der Waals surface area (Å²) in [5.74, 6) is 0.322. The number of ketones is 1. The number of hydrogen-bond donors (Lipinski definition) is 0. The summed E-state index contributed by atoms with van der Waals surface area (Å²) in [6.45, 7) is 7.60. The van der Waals surface area contributed by atoms with E-state index < -0.39 is 0 Å². The van der Waals surface area contributed by atoms with Crippen molar-refractivity contribution < 1.29 is 4.79 Å². The Labute approximate surface area is 92.4 Å². The lowest BCUT2D eigenvalue weighted by Crippen LogP contribution is -2.37. The molecule has 0 aromatic carbocycles. The van der Waals surface area contributed by atoms with Gasteiger partial charge in [-0.05, 0) is 45.8 Å². The molecule has 2 aliphatic rings. The predicted molar refractivity (Wildman–Crippen MR) is 61.0 cm³/mol. The number of hydrogen-bond acceptors (Lipinski definition) is 3. The molecule has 2 saturated heterocycles. The normalized spacial score (nSPS) is 28.7. The van der Waals surface area contributed by atoms with Gasteiger partial charge < -0.3 is 4.90 Å². The van der Waals surface area contributed by atoms with Crippen molar-refractivity contribution in [2.75, 3.05) is 32.7 Å². The Morgan fingerprint density at radius 2 is 2.07 bits per heavy atom. The molecule has 3 heteroatoms. The van der Waals surface area contributed by atoms with Crippen molar-refractivity contribution in [2.24, 2.45) is 0 Å². The van der Waals surface area contributed by atoms with E-state index in [2.05, 4.69) is 9.80 Å². The summed E-state index contributed by atoms with van der Waals surface area (Å²) in [7, 11) is 0. The third kappa shape index (κ3) is 3.02. The highest BCUT2D eigenvalue weighted by atomic mass is 16.1. The molecule has 86 valence electrons. The summed E-state index contributed by atoms with van der Waals surface area (Å²) in [6, 6.07) is 0.777. The van der Waals surface area contributed by atoms with Crippen LogP contribution in [0.15, 0.2) is 0 Å². The maximum absolute atomic E-state index is 11.0. The van der Waals surface area contributed by atoms with Crippen molar-refractivity contribution in [3.05, 3.63) is 0 Å². The molecule has 0 radical (unpaired) electrons. The zero-order valence-electron chi connectivity index (χ0n) is 9.74. The van der Waals surface area contributed by atoms with Crippen LogP contribution in [-0.4, -0.2) is 54.3 Å². The summed E-state index contributed by atoms with van der Waals surface area (Å²) in [5.41, 5.74) is 0. The summed E-state index contributed by atoms with van der Waals surface area (Å²) < 4.78 is 0.